The molecule has 0 spiro atoms. The third kappa shape index (κ3) is 22.3. The van der Waals surface area contributed by atoms with E-state index in [4.69, 9.17) is 13.8 Å². The zero-order valence-corrected chi connectivity index (χ0v) is 20.7. The predicted molar refractivity (Wildman–Crippen MR) is 122 cm³/mol. The average Bonchev–Trinajstić information content (AvgIpc) is 2.65. The maximum Gasteiger partial charge on any atom is 0.472 e. The monoisotopic (exact) mass is 452 g/mol. The number of quaternary nitrogens is 1. The van der Waals surface area contributed by atoms with Gasteiger partial charge >= 0.3 is 7.82 Å². The van der Waals surface area contributed by atoms with E-state index in [9.17, 15) is 14.6 Å². The van der Waals surface area contributed by atoms with Crippen LogP contribution in [-0.4, -0.2) is 68.1 Å². The Labute approximate surface area is 184 Å². The van der Waals surface area contributed by atoms with E-state index in [0.717, 1.165) is 12.8 Å². The van der Waals surface area contributed by atoms with Crippen molar-refractivity contribution >= 4 is 7.82 Å². The fourth-order valence-corrected chi connectivity index (χ4v) is 3.50. The molecule has 0 rings (SSSR count). The maximum atomic E-state index is 11.7. The lowest BCUT2D eigenvalue weighted by molar-refractivity contribution is -0.870. The van der Waals surface area contributed by atoms with Gasteiger partial charge in [0.15, 0.2) is 0 Å². The van der Waals surface area contributed by atoms with Gasteiger partial charge in [0.05, 0.1) is 34.0 Å². The van der Waals surface area contributed by atoms with Gasteiger partial charge < -0.3 is 19.2 Å². The Morgan fingerprint density at radius 1 is 0.900 bits per heavy atom. The van der Waals surface area contributed by atoms with E-state index in [1.54, 1.807) is 6.26 Å². The lowest BCUT2D eigenvalue weighted by Gasteiger charge is -2.24. The normalized spacial score (nSPS) is 15.4. The molecule has 0 heterocycles. The van der Waals surface area contributed by atoms with Gasteiger partial charge in [-0.2, -0.15) is 0 Å². The Balaban J connectivity index is 3.55. The molecule has 0 radical (unpaired) electrons. The first-order chi connectivity index (χ1) is 14.2. The van der Waals surface area contributed by atoms with Crippen molar-refractivity contribution in [3.63, 3.8) is 0 Å². The highest BCUT2D eigenvalue weighted by molar-refractivity contribution is 7.47. The molecule has 0 aromatic heterocycles. The van der Waals surface area contributed by atoms with Crippen LogP contribution in [0.25, 0.3) is 0 Å². The van der Waals surface area contributed by atoms with E-state index in [-0.39, 0.29) is 19.8 Å². The first-order valence-corrected chi connectivity index (χ1v) is 13.0. The molecular formula is C22H47NO6P+. The molecule has 0 bridgehead atoms. The van der Waals surface area contributed by atoms with Gasteiger partial charge in [-0.3, -0.25) is 9.05 Å². The number of rotatable bonds is 21. The summed E-state index contributed by atoms with van der Waals surface area (Å²) in [5, 5.41) is 9.78. The second-order valence-corrected chi connectivity index (χ2v) is 10.4. The molecule has 30 heavy (non-hydrogen) atoms. The summed E-state index contributed by atoms with van der Waals surface area (Å²) in [4.78, 5) is 9.59. The number of hydrogen-bond donors (Lipinski definition) is 2. The summed E-state index contributed by atoms with van der Waals surface area (Å²) >= 11 is 0. The van der Waals surface area contributed by atoms with E-state index in [1.165, 1.54) is 57.8 Å². The van der Waals surface area contributed by atoms with Crippen LogP contribution in [0.2, 0.25) is 0 Å². The number of nitrogens with zero attached hydrogens (tertiary/aromatic N) is 1. The highest BCUT2D eigenvalue weighted by Crippen LogP contribution is 2.43. The number of allylic oxidation sites excluding steroid dienone is 1. The minimum Gasteiger partial charge on any atom is -0.499 e. The Bertz CT molecular complexity index is 467. The largest absolute Gasteiger partial charge is 0.499 e. The quantitative estimate of drug-likeness (QED) is 0.110. The van der Waals surface area contributed by atoms with Gasteiger partial charge in [-0.05, 0) is 18.9 Å². The van der Waals surface area contributed by atoms with Crippen molar-refractivity contribution in [2.24, 2.45) is 0 Å². The molecule has 0 aliphatic carbocycles. The zero-order chi connectivity index (χ0) is 22.7. The molecule has 0 saturated heterocycles. The Morgan fingerprint density at radius 3 is 2.03 bits per heavy atom. The van der Waals surface area contributed by atoms with Crippen LogP contribution in [0.15, 0.2) is 12.3 Å². The Hall–Kier alpha value is -0.430. The Kier molecular flexibility index (Phi) is 17.9. The van der Waals surface area contributed by atoms with Gasteiger partial charge in [0, 0.05) is 0 Å². The van der Waals surface area contributed by atoms with Crippen LogP contribution < -0.4 is 0 Å². The number of ether oxygens (including phenoxy) is 1. The first-order valence-electron chi connectivity index (χ1n) is 11.5. The van der Waals surface area contributed by atoms with Crippen LogP contribution in [0.3, 0.4) is 0 Å². The third-order valence-electron chi connectivity index (χ3n) is 4.65. The molecular weight excluding hydrogens is 405 g/mol. The third-order valence-corrected chi connectivity index (χ3v) is 5.64. The fraction of sp³-hybridized carbons (Fsp3) is 0.909. The van der Waals surface area contributed by atoms with Crippen LogP contribution in [0.1, 0.15) is 77.6 Å². The summed E-state index contributed by atoms with van der Waals surface area (Å²) in [6.45, 7) is 2.62. The number of phosphoric acid groups is 1. The van der Waals surface area contributed by atoms with Crippen molar-refractivity contribution in [2.75, 3.05) is 47.5 Å². The van der Waals surface area contributed by atoms with Gasteiger partial charge in [0.1, 0.15) is 25.9 Å². The van der Waals surface area contributed by atoms with Crippen LogP contribution >= 0.6 is 7.82 Å². The van der Waals surface area contributed by atoms with Gasteiger partial charge in [0.25, 0.3) is 0 Å². The summed E-state index contributed by atoms with van der Waals surface area (Å²) in [6, 6.07) is 0. The SMILES string of the molecule is CCCCCCCCCCCC/C=C\OC[C@@H](O)COP(=O)(O)OCC[N+](C)(C)C. The van der Waals surface area contributed by atoms with Crippen LogP contribution in [0, 0.1) is 0 Å². The number of hydrogen-bond acceptors (Lipinski definition) is 5. The first kappa shape index (κ1) is 29.6. The second-order valence-electron chi connectivity index (χ2n) is 8.94. The molecule has 0 aromatic rings. The van der Waals surface area contributed by atoms with E-state index < -0.39 is 13.9 Å². The van der Waals surface area contributed by atoms with Gasteiger partial charge in [0.2, 0.25) is 0 Å². The van der Waals surface area contributed by atoms with Gasteiger partial charge in [-0.25, -0.2) is 4.57 Å². The lowest BCUT2D eigenvalue weighted by Crippen LogP contribution is -2.37. The fourth-order valence-electron chi connectivity index (χ4n) is 2.75. The minimum atomic E-state index is -4.15. The van der Waals surface area contributed by atoms with Crippen molar-refractivity contribution in [1.82, 2.24) is 0 Å². The van der Waals surface area contributed by atoms with E-state index in [1.807, 2.05) is 27.2 Å². The standard InChI is InChI=1S/C22H46NO6P/c1-5-6-7-8-9-10-11-12-13-14-15-16-18-27-20-22(24)21-29-30(25,26)28-19-17-23(2,3)4/h16,18,22,24H,5-15,17,19-21H2,1-4H3/p+1/b18-16-/t22-/m1/s1. The van der Waals surface area contributed by atoms with Crippen molar-refractivity contribution in [3.05, 3.63) is 12.3 Å². The van der Waals surface area contributed by atoms with Crippen molar-refractivity contribution in [3.8, 4) is 0 Å². The number of aliphatic hydroxyl groups excluding tert-OH is 1. The topological polar surface area (TPSA) is 85.2 Å². The summed E-state index contributed by atoms with van der Waals surface area (Å²) in [6.07, 6.45) is 16.6. The number of aliphatic hydroxyl groups is 1. The lowest BCUT2D eigenvalue weighted by atomic mass is 10.1. The molecule has 1 unspecified atom stereocenters. The smallest absolute Gasteiger partial charge is 0.472 e. The highest BCUT2D eigenvalue weighted by atomic mass is 31.2. The van der Waals surface area contributed by atoms with Crippen molar-refractivity contribution < 1.29 is 32.8 Å². The molecule has 0 amide bonds. The molecule has 8 heteroatoms. The number of unbranched alkanes of at least 4 members (excludes halogenated alkanes) is 10. The molecule has 0 aliphatic heterocycles. The number of phosphoric ester groups is 1. The molecule has 7 nitrogen and oxygen atoms in total. The molecule has 2 N–H and O–H groups in total. The molecule has 180 valence electrons. The van der Waals surface area contributed by atoms with E-state index in [2.05, 4.69) is 6.92 Å². The second kappa shape index (κ2) is 18.2. The summed E-state index contributed by atoms with van der Waals surface area (Å²) in [5.41, 5.74) is 0. The van der Waals surface area contributed by atoms with Gasteiger partial charge in [-0.1, -0.05) is 64.7 Å². The summed E-state index contributed by atoms with van der Waals surface area (Å²) < 4.78 is 27.3. The summed E-state index contributed by atoms with van der Waals surface area (Å²) in [5.74, 6) is 0. The van der Waals surface area contributed by atoms with Crippen LogP contribution in [0.5, 0.6) is 0 Å². The molecule has 0 fully saturated rings. The molecule has 0 aliphatic rings. The molecule has 2 atom stereocenters. The molecule has 0 saturated carbocycles. The van der Waals surface area contributed by atoms with E-state index in [0.29, 0.717) is 11.0 Å². The van der Waals surface area contributed by atoms with Crippen LogP contribution in [0.4, 0.5) is 0 Å². The van der Waals surface area contributed by atoms with Gasteiger partial charge in [-0.15, -0.1) is 0 Å². The van der Waals surface area contributed by atoms with E-state index >= 15 is 0 Å². The Morgan fingerprint density at radius 2 is 1.47 bits per heavy atom. The average molecular weight is 453 g/mol. The van der Waals surface area contributed by atoms with Crippen molar-refractivity contribution in [2.45, 2.75) is 83.7 Å². The summed E-state index contributed by atoms with van der Waals surface area (Å²) in [7, 11) is 1.72. The maximum absolute atomic E-state index is 11.7. The number of likely N-dealkylation sites (N-methyl/N-ethyl adjacent to an activating group) is 1. The molecule has 0 aromatic carbocycles. The highest BCUT2D eigenvalue weighted by Gasteiger charge is 2.24. The zero-order valence-electron chi connectivity index (χ0n) is 19.8. The minimum absolute atomic E-state index is 0.00735. The predicted octanol–water partition coefficient (Wildman–Crippen LogP) is 5.03. The van der Waals surface area contributed by atoms with Crippen LogP contribution in [-0.2, 0) is 18.3 Å². The van der Waals surface area contributed by atoms with Crippen molar-refractivity contribution in [1.29, 1.82) is 0 Å².